The van der Waals surface area contributed by atoms with Crippen molar-refractivity contribution in [3.8, 4) is 5.75 Å². The SMILES string of the molecule is CCOc1cccc(CNCCOC(=O)COC)c1. The van der Waals surface area contributed by atoms with Crippen LogP contribution in [0.5, 0.6) is 5.75 Å². The van der Waals surface area contributed by atoms with Crippen LogP contribution in [0.1, 0.15) is 12.5 Å². The Morgan fingerprint density at radius 2 is 2.21 bits per heavy atom. The van der Waals surface area contributed by atoms with Crippen molar-refractivity contribution < 1.29 is 19.0 Å². The number of hydrogen-bond acceptors (Lipinski definition) is 5. The molecule has 0 atom stereocenters. The van der Waals surface area contributed by atoms with Crippen LogP contribution < -0.4 is 10.1 Å². The molecule has 19 heavy (non-hydrogen) atoms. The van der Waals surface area contributed by atoms with Crippen molar-refractivity contribution in [2.45, 2.75) is 13.5 Å². The van der Waals surface area contributed by atoms with Gasteiger partial charge in [-0.3, -0.25) is 0 Å². The average molecular weight is 267 g/mol. The Morgan fingerprint density at radius 3 is 2.95 bits per heavy atom. The molecule has 5 nitrogen and oxygen atoms in total. The number of benzene rings is 1. The van der Waals surface area contributed by atoms with E-state index in [1.54, 1.807) is 0 Å². The number of rotatable bonds is 9. The van der Waals surface area contributed by atoms with E-state index in [2.05, 4.69) is 10.1 Å². The highest BCUT2D eigenvalue weighted by Crippen LogP contribution is 2.12. The molecule has 1 aromatic rings. The second-order valence-corrected chi connectivity index (χ2v) is 3.91. The monoisotopic (exact) mass is 267 g/mol. The number of methoxy groups -OCH3 is 1. The molecule has 0 unspecified atom stereocenters. The minimum Gasteiger partial charge on any atom is -0.494 e. The van der Waals surface area contributed by atoms with Crippen LogP contribution in [-0.2, 0) is 20.8 Å². The van der Waals surface area contributed by atoms with Gasteiger partial charge in [-0.1, -0.05) is 12.1 Å². The molecule has 0 saturated carbocycles. The van der Waals surface area contributed by atoms with Gasteiger partial charge >= 0.3 is 5.97 Å². The van der Waals surface area contributed by atoms with Crippen molar-refractivity contribution in [3.05, 3.63) is 29.8 Å². The van der Waals surface area contributed by atoms with Crippen LogP contribution >= 0.6 is 0 Å². The molecule has 0 saturated heterocycles. The summed E-state index contributed by atoms with van der Waals surface area (Å²) in [5.41, 5.74) is 1.13. The Kier molecular flexibility index (Phi) is 7.62. The third-order valence-corrected chi connectivity index (χ3v) is 2.34. The second-order valence-electron chi connectivity index (χ2n) is 3.91. The standard InChI is InChI=1S/C14H21NO4/c1-3-18-13-6-4-5-12(9-13)10-15-7-8-19-14(16)11-17-2/h4-6,9,15H,3,7-8,10-11H2,1-2H3. The molecule has 1 aromatic carbocycles. The summed E-state index contributed by atoms with van der Waals surface area (Å²) >= 11 is 0. The predicted molar refractivity (Wildman–Crippen MR) is 72.2 cm³/mol. The molecule has 106 valence electrons. The van der Waals surface area contributed by atoms with Crippen LogP contribution in [0, 0.1) is 0 Å². The summed E-state index contributed by atoms with van der Waals surface area (Å²) in [6.07, 6.45) is 0. The molecule has 0 aliphatic carbocycles. The fourth-order valence-corrected chi connectivity index (χ4v) is 1.54. The smallest absolute Gasteiger partial charge is 0.332 e. The van der Waals surface area contributed by atoms with E-state index in [0.29, 0.717) is 26.3 Å². The van der Waals surface area contributed by atoms with Gasteiger partial charge in [-0.2, -0.15) is 0 Å². The van der Waals surface area contributed by atoms with E-state index in [-0.39, 0.29) is 12.6 Å². The predicted octanol–water partition coefficient (Wildman–Crippen LogP) is 1.36. The van der Waals surface area contributed by atoms with Crippen LogP contribution in [-0.4, -0.2) is 39.4 Å². The van der Waals surface area contributed by atoms with Gasteiger partial charge in [-0.05, 0) is 24.6 Å². The minimum absolute atomic E-state index is 0.00357. The number of ether oxygens (including phenoxy) is 3. The fraction of sp³-hybridized carbons (Fsp3) is 0.500. The fourth-order valence-electron chi connectivity index (χ4n) is 1.54. The van der Waals surface area contributed by atoms with Gasteiger partial charge in [0.25, 0.3) is 0 Å². The first kappa shape index (κ1) is 15.5. The average Bonchev–Trinajstić information content (AvgIpc) is 2.39. The summed E-state index contributed by atoms with van der Waals surface area (Å²) in [5, 5.41) is 3.19. The molecule has 0 radical (unpaired) electrons. The number of carbonyl (C=O) groups excluding carboxylic acids is 1. The highest BCUT2D eigenvalue weighted by atomic mass is 16.6. The van der Waals surface area contributed by atoms with Gasteiger partial charge in [0, 0.05) is 20.2 Å². The van der Waals surface area contributed by atoms with Crippen LogP contribution in [0.2, 0.25) is 0 Å². The lowest BCUT2D eigenvalue weighted by atomic mass is 10.2. The van der Waals surface area contributed by atoms with E-state index in [0.717, 1.165) is 11.3 Å². The molecule has 0 aliphatic rings. The number of hydrogen-bond donors (Lipinski definition) is 1. The van der Waals surface area contributed by atoms with Gasteiger partial charge in [-0.25, -0.2) is 4.79 Å². The normalized spacial score (nSPS) is 10.2. The second kappa shape index (κ2) is 9.35. The van der Waals surface area contributed by atoms with E-state index >= 15 is 0 Å². The summed E-state index contributed by atoms with van der Waals surface area (Å²) in [6.45, 7) is 4.27. The largest absolute Gasteiger partial charge is 0.494 e. The lowest BCUT2D eigenvalue weighted by Gasteiger charge is -2.08. The van der Waals surface area contributed by atoms with E-state index in [1.165, 1.54) is 7.11 Å². The lowest BCUT2D eigenvalue weighted by Crippen LogP contribution is -2.22. The Morgan fingerprint density at radius 1 is 1.37 bits per heavy atom. The van der Waals surface area contributed by atoms with Crippen molar-refractivity contribution >= 4 is 5.97 Å². The van der Waals surface area contributed by atoms with Gasteiger partial charge in [0.1, 0.15) is 19.0 Å². The molecule has 0 amide bonds. The molecule has 0 bridgehead atoms. The maximum Gasteiger partial charge on any atom is 0.332 e. The summed E-state index contributed by atoms with van der Waals surface area (Å²) in [5.74, 6) is 0.524. The Bertz CT molecular complexity index is 381. The first-order chi connectivity index (χ1) is 9.26. The Labute approximate surface area is 113 Å². The highest BCUT2D eigenvalue weighted by Gasteiger charge is 2.00. The van der Waals surface area contributed by atoms with Crippen molar-refractivity contribution in [1.29, 1.82) is 0 Å². The van der Waals surface area contributed by atoms with E-state index in [9.17, 15) is 4.79 Å². The van der Waals surface area contributed by atoms with Crippen molar-refractivity contribution in [1.82, 2.24) is 5.32 Å². The Balaban J connectivity index is 2.18. The first-order valence-electron chi connectivity index (χ1n) is 6.33. The molecule has 0 aliphatic heterocycles. The highest BCUT2D eigenvalue weighted by molar-refractivity contribution is 5.70. The van der Waals surface area contributed by atoms with E-state index in [1.807, 2.05) is 31.2 Å². The summed E-state index contributed by atoms with van der Waals surface area (Å²) in [4.78, 5) is 11.0. The van der Waals surface area contributed by atoms with Crippen LogP contribution in [0.4, 0.5) is 0 Å². The Hall–Kier alpha value is -1.59. The summed E-state index contributed by atoms with van der Waals surface area (Å²) in [6, 6.07) is 7.90. The third-order valence-electron chi connectivity index (χ3n) is 2.34. The lowest BCUT2D eigenvalue weighted by molar-refractivity contribution is -0.147. The summed E-state index contributed by atoms with van der Waals surface area (Å²) < 4.78 is 15.0. The van der Waals surface area contributed by atoms with Crippen LogP contribution in [0.25, 0.3) is 0 Å². The maximum absolute atomic E-state index is 11.0. The zero-order chi connectivity index (χ0) is 13.9. The van der Waals surface area contributed by atoms with Crippen LogP contribution in [0.3, 0.4) is 0 Å². The number of nitrogens with one attached hydrogen (secondary N) is 1. The molecule has 0 aromatic heterocycles. The van der Waals surface area contributed by atoms with Gasteiger partial charge < -0.3 is 19.5 Å². The molecular weight excluding hydrogens is 246 g/mol. The van der Waals surface area contributed by atoms with E-state index < -0.39 is 0 Å². The molecule has 5 heteroatoms. The zero-order valence-corrected chi connectivity index (χ0v) is 11.5. The third kappa shape index (κ3) is 6.79. The number of carbonyl (C=O) groups is 1. The van der Waals surface area contributed by atoms with E-state index in [4.69, 9.17) is 9.47 Å². The molecule has 0 fully saturated rings. The van der Waals surface area contributed by atoms with Gasteiger partial charge in [0.2, 0.25) is 0 Å². The quantitative estimate of drug-likeness (QED) is 0.541. The minimum atomic E-state index is -0.345. The van der Waals surface area contributed by atoms with Gasteiger partial charge in [-0.15, -0.1) is 0 Å². The first-order valence-corrected chi connectivity index (χ1v) is 6.33. The zero-order valence-electron chi connectivity index (χ0n) is 11.5. The van der Waals surface area contributed by atoms with Gasteiger partial charge in [0.15, 0.2) is 0 Å². The van der Waals surface area contributed by atoms with Crippen molar-refractivity contribution in [2.75, 3.05) is 33.5 Å². The maximum atomic E-state index is 11.0. The van der Waals surface area contributed by atoms with Crippen LogP contribution in [0.15, 0.2) is 24.3 Å². The van der Waals surface area contributed by atoms with Crippen molar-refractivity contribution in [2.24, 2.45) is 0 Å². The van der Waals surface area contributed by atoms with Gasteiger partial charge in [0.05, 0.1) is 6.61 Å². The summed E-state index contributed by atoms with van der Waals surface area (Å²) in [7, 11) is 1.46. The van der Waals surface area contributed by atoms with Crippen molar-refractivity contribution in [3.63, 3.8) is 0 Å². The molecule has 1 N–H and O–H groups in total. The topological polar surface area (TPSA) is 56.8 Å². The molecular formula is C14H21NO4. The molecule has 0 spiro atoms. The molecule has 0 heterocycles. The number of esters is 1. The molecule has 1 rings (SSSR count).